The fourth-order valence-electron chi connectivity index (χ4n) is 0.919. The van der Waals surface area contributed by atoms with Crippen molar-refractivity contribution in [3.8, 4) is 0 Å². The quantitative estimate of drug-likeness (QED) is 0.598. The molecular weight excluding hydrogens is 247 g/mol. The molecule has 0 atom stereocenters. The largest absolute Gasteiger partial charge is 0.389 e. The number of halogens is 4. The van der Waals surface area contributed by atoms with Gasteiger partial charge in [0.25, 0.3) is 0 Å². The molecule has 0 fully saturated rings. The van der Waals surface area contributed by atoms with Crippen molar-refractivity contribution in [1.29, 1.82) is 0 Å². The van der Waals surface area contributed by atoms with Gasteiger partial charge < -0.3 is 0 Å². The van der Waals surface area contributed by atoms with E-state index >= 15 is 0 Å². The number of rotatable bonds is 4. The van der Waals surface area contributed by atoms with E-state index < -0.39 is 12.6 Å². The summed E-state index contributed by atoms with van der Waals surface area (Å²) in [6.45, 7) is 0. The highest BCUT2D eigenvalue weighted by molar-refractivity contribution is 7.99. The predicted octanol–water partition coefficient (Wildman–Crippen LogP) is 3.86. The number of nitrogens with zero attached hydrogens (tertiary/aromatic N) is 1. The normalized spacial score (nSPS) is 11.7. The first kappa shape index (κ1) is 12.6. The molecule has 84 valence electrons. The zero-order valence-corrected chi connectivity index (χ0v) is 9.29. The van der Waals surface area contributed by atoms with Crippen LogP contribution in [0.4, 0.5) is 13.2 Å². The molecule has 0 radical (unpaired) electrons. The molecule has 0 amide bonds. The average molecular weight is 256 g/mol. The molecule has 0 aliphatic rings. The van der Waals surface area contributed by atoms with Crippen molar-refractivity contribution < 1.29 is 13.2 Å². The van der Waals surface area contributed by atoms with E-state index in [0.29, 0.717) is 5.03 Å². The summed E-state index contributed by atoms with van der Waals surface area (Å²) in [5.74, 6) is 0.243. The van der Waals surface area contributed by atoms with Gasteiger partial charge in [-0.2, -0.15) is 13.2 Å². The summed E-state index contributed by atoms with van der Waals surface area (Å²) in [4.78, 5) is 3.98. The standard InChI is InChI=1S/C9H9ClF3NS/c10-6-7-2-1-4-14-8(7)15-5-3-9(11,12)13/h1-2,4H,3,5-6H2. The predicted molar refractivity (Wildman–Crippen MR) is 55.2 cm³/mol. The van der Waals surface area contributed by atoms with E-state index in [9.17, 15) is 13.2 Å². The van der Waals surface area contributed by atoms with Crippen LogP contribution >= 0.6 is 23.4 Å². The highest BCUT2D eigenvalue weighted by atomic mass is 35.5. The second-order valence-electron chi connectivity index (χ2n) is 2.81. The number of alkyl halides is 4. The second kappa shape index (κ2) is 5.61. The first-order chi connectivity index (χ1) is 7.03. The van der Waals surface area contributed by atoms with Crippen LogP contribution in [0, 0.1) is 0 Å². The lowest BCUT2D eigenvalue weighted by molar-refractivity contribution is -0.129. The molecule has 0 N–H and O–H groups in total. The number of hydrogen-bond donors (Lipinski definition) is 0. The Balaban J connectivity index is 2.50. The molecule has 0 spiro atoms. The monoisotopic (exact) mass is 255 g/mol. The Morgan fingerprint density at radius 1 is 1.40 bits per heavy atom. The summed E-state index contributed by atoms with van der Waals surface area (Å²) in [6, 6.07) is 3.47. The van der Waals surface area contributed by atoms with Gasteiger partial charge in [0.1, 0.15) is 5.03 Å². The molecule has 0 saturated heterocycles. The lowest BCUT2D eigenvalue weighted by Crippen LogP contribution is -2.08. The fourth-order valence-corrected chi connectivity index (χ4v) is 2.20. The van der Waals surface area contributed by atoms with Crippen molar-refractivity contribution in [3.05, 3.63) is 23.9 Å². The van der Waals surface area contributed by atoms with Gasteiger partial charge in [-0.15, -0.1) is 23.4 Å². The first-order valence-electron chi connectivity index (χ1n) is 4.22. The minimum atomic E-state index is -4.11. The summed E-state index contributed by atoms with van der Waals surface area (Å²) in [5, 5.41) is 0.580. The summed E-state index contributed by atoms with van der Waals surface area (Å²) < 4.78 is 35.6. The van der Waals surface area contributed by atoms with Crippen molar-refractivity contribution in [1.82, 2.24) is 4.98 Å². The number of thioether (sulfide) groups is 1. The van der Waals surface area contributed by atoms with Gasteiger partial charge >= 0.3 is 6.18 Å². The first-order valence-corrected chi connectivity index (χ1v) is 5.74. The van der Waals surface area contributed by atoms with Gasteiger partial charge in [0, 0.05) is 11.9 Å². The second-order valence-corrected chi connectivity index (χ2v) is 4.17. The van der Waals surface area contributed by atoms with E-state index in [0.717, 1.165) is 17.3 Å². The molecule has 0 aromatic carbocycles. The van der Waals surface area contributed by atoms with E-state index in [1.807, 2.05) is 0 Å². The molecule has 1 heterocycles. The maximum atomic E-state index is 11.9. The molecule has 0 aliphatic carbocycles. The van der Waals surface area contributed by atoms with Gasteiger partial charge in [0.2, 0.25) is 0 Å². The van der Waals surface area contributed by atoms with Crippen molar-refractivity contribution in [2.45, 2.75) is 23.5 Å². The van der Waals surface area contributed by atoms with E-state index in [4.69, 9.17) is 11.6 Å². The number of aromatic nitrogens is 1. The fraction of sp³-hybridized carbons (Fsp3) is 0.444. The maximum absolute atomic E-state index is 11.9. The third-order valence-corrected chi connectivity index (χ3v) is 2.96. The van der Waals surface area contributed by atoms with Crippen LogP contribution in [0.25, 0.3) is 0 Å². The van der Waals surface area contributed by atoms with Crippen LogP contribution in [0.5, 0.6) is 0 Å². The molecule has 0 saturated carbocycles. The third kappa shape index (κ3) is 4.75. The average Bonchev–Trinajstić information content (AvgIpc) is 2.16. The zero-order chi connectivity index (χ0) is 11.3. The number of hydrogen-bond acceptors (Lipinski definition) is 2. The third-order valence-electron chi connectivity index (χ3n) is 1.62. The van der Waals surface area contributed by atoms with Gasteiger partial charge in [-0.05, 0) is 11.6 Å². The Bertz CT molecular complexity index is 316. The topological polar surface area (TPSA) is 12.9 Å². The van der Waals surface area contributed by atoms with Crippen molar-refractivity contribution in [2.75, 3.05) is 5.75 Å². The maximum Gasteiger partial charge on any atom is 0.389 e. The molecule has 1 rings (SSSR count). The highest BCUT2D eigenvalue weighted by Gasteiger charge is 2.26. The van der Waals surface area contributed by atoms with Gasteiger partial charge in [0.15, 0.2) is 0 Å². The Labute approximate surface area is 95.0 Å². The Morgan fingerprint density at radius 3 is 2.73 bits per heavy atom. The van der Waals surface area contributed by atoms with E-state index in [1.54, 1.807) is 18.3 Å². The van der Waals surface area contributed by atoms with Crippen molar-refractivity contribution in [3.63, 3.8) is 0 Å². The van der Waals surface area contributed by atoms with Crippen molar-refractivity contribution >= 4 is 23.4 Å². The number of pyridine rings is 1. The summed E-state index contributed by atoms with van der Waals surface area (Å²) >= 11 is 6.71. The SMILES string of the molecule is FC(F)(F)CCSc1ncccc1CCl. The molecule has 1 aromatic rings. The Hall–Kier alpha value is -0.420. The summed E-state index contributed by atoms with van der Waals surface area (Å²) in [5.41, 5.74) is 0.770. The van der Waals surface area contributed by atoms with Crippen molar-refractivity contribution in [2.24, 2.45) is 0 Å². The van der Waals surface area contributed by atoms with Gasteiger partial charge in [0.05, 0.1) is 12.3 Å². The van der Waals surface area contributed by atoms with Gasteiger partial charge in [-0.1, -0.05) is 6.07 Å². The van der Waals surface area contributed by atoms with Gasteiger partial charge in [-0.3, -0.25) is 0 Å². The van der Waals surface area contributed by atoms with Crippen LogP contribution in [-0.2, 0) is 5.88 Å². The molecule has 15 heavy (non-hydrogen) atoms. The molecule has 6 heteroatoms. The van der Waals surface area contributed by atoms with Crippen LogP contribution in [0.15, 0.2) is 23.4 Å². The van der Waals surface area contributed by atoms with Crippen LogP contribution in [-0.4, -0.2) is 16.9 Å². The molecule has 0 bridgehead atoms. The Kier molecular flexibility index (Phi) is 4.73. The summed E-state index contributed by atoms with van der Waals surface area (Å²) in [6.07, 6.45) is -3.37. The van der Waals surface area contributed by atoms with E-state index in [1.165, 1.54) is 0 Å². The van der Waals surface area contributed by atoms with Crippen LogP contribution < -0.4 is 0 Å². The Morgan fingerprint density at radius 2 is 2.13 bits per heavy atom. The summed E-state index contributed by atoms with van der Waals surface area (Å²) in [7, 11) is 0. The smallest absolute Gasteiger partial charge is 0.250 e. The molecule has 1 nitrogen and oxygen atoms in total. The van der Waals surface area contributed by atoms with E-state index in [-0.39, 0.29) is 11.6 Å². The molecule has 0 unspecified atom stereocenters. The molecular formula is C9H9ClF3NS. The zero-order valence-electron chi connectivity index (χ0n) is 7.72. The lowest BCUT2D eigenvalue weighted by Gasteiger charge is -2.07. The molecule has 1 aromatic heterocycles. The minimum Gasteiger partial charge on any atom is -0.250 e. The van der Waals surface area contributed by atoms with Crippen LogP contribution in [0.1, 0.15) is 12.0 Å². The lowest BCUT2D eigenvalue weighted by atomic mass is 10.3. The van der Waals surface area contributed by atoms with Crippen LogP contribution in [0.3, 0.4) is 0 Å². The minimum absolute atomic E-state index is 0.0234. The van der Waals surface area contributed by atoms with Gasteiger partial charge in [-0.25, -0.2) is 4.98 Å². The van der Waals surface area contributed by atoms with Crippen LogP contribution in [0.2, 0.25) is 0 Å². The van der Waals surface area contributed by atoms with E-state index in [2.05, 4.69) is 4.98 Å². The molecule has 0 aliphatic heterocycles. The highest BCUT2D eigenvalue weighted by Crippen LogP contribution is 2.27.